The van der Waals surface area contributed by atoms with Crippen LogP contribution in [-0.4, -0.2) is 12.1 Å². The van der Waals surface area contributed by atoms with Crippen molar-refractivity contribution in [1.29, 1.82) is 0 Å². The van der Waals surface area contributed by atoms with Crippen molar-refractivity contribution in [2.45, 2.75) is 18.1 Å². The van der Waals surface area contributed by atoms with E-state index in [9.17, 15) is 22.0 Å². The minimum atomic E-state index is -5.64. The number of hydrogen-bond acceptors (Lipinski definition) is 1. The Hall–Kier alpha value is -1.17. The SMILES string of the molecule is N[C@H](c1ccccc1)C(F)(F)C(F)(F)F. The van der Waals surface area contributed by atoms with Crippen LogP contribution in [0.2, 0.25) is 0 Å². The van der Waals surface area contributed by atoms with Gasteiger partial charge in [0.2, 0.25) is 0 Å². The number of nitrogens with two attached hydrogens (primary N) is 1. The lowest BCUT2D eigenvalue weighted by Crippen LogP contribution is -2.45. The fraction of sp³-hybridized carbons (Fsp3) is 0.333. The first-order chi connectivity index (χ1) is 6.77. The maximum Gasteiger partial charge on any atom is 0.455 e. The first kappa shape index (κ1) is 11.9. The summed E-state index contributed by atoms with van der Waals surface area (Å²) < 4.78 is 61.3. The summed E-state index contributed by atoms with van der Waals surface area (Å²) in [7, 11) is 0. The molecule has 0 aliphatic rings. The molecule has 0 amide bonds. The van der Waals surface area contributed by atoms with Crippen LogP contribution in [-0.2, 0) is 0 Å². The van der Waals surface area contributed by atoms with Gasteiger partial charge in [0.25, 0.3) is 0 Å². The van der Waals surface area contributed by atoms with Crippen LogP contribution in [0.15, 0.2) is 30.3 Å². The van der Waals surface area contributed by atoms with Gasteiger partial charge in [-0.05, 0) is 5.56 Å². The third-order valence-electron chi connectivity index (χ3n) is 1.93. The molecule has 1 aromatic carbocycles. The van der Waals surface area contributed by atoms with E-state index < -0.39 is 18.1 Å². The van der Waals surface area contributed by atoms with Gasteiger partial charge in [-0.15, -0.1) is 0 Å². The Morgan fingerprint density at radius 1 is 0.933 bits per heavy atom. The lowest BCUT2D eigenvalue weighted by atomic mass is 10.0. The van der Waals surface area contributed by atoms with Gasteiger partial charge in [0, 0.05) is 0 Å². The van der Waals surface area contributed by atoms with Crippen molar-refractivity contribution in [1.82, 2.24) is 0 Å². The summed E-state index contributed by atoms with van der Waals surface area (Å²) in [6.07, 6.45) is -5.64. The molecule has 6 heteroatoms. The number of rotatable bonds is 2. The van der Waals surface area contributed by atoms with Gasteiger partial charge in [-0.1, -0.05) is 30.3 Å². The molecule has 2 N–H and O–H groups in total. The van der Waals surface area contributed by atoms with E-state index in [-0.39, 0.29) is 5.56 Å². The van der Waals surface area contributed by atoms with Crippen molar-refractivity contribution in [2.75, 3.05) is 0 Å². The lowest BCUT2D eigenvalue weighted by molar-refractivity contribution is -0.291. The average molecular weight is 225 g/mol. The predicted molar refractivity (Wildman–Crippen MR) is 44.4 cm³/mol. The fourth-order valence-corrected chi connectivity index (χ4v) is 1.05. The molecule has 0 aliphatic heterocycles. The summed E-state index contributed by atoms with van der Waals surface area (Å²) in [5.74, 6) is -4.92. The molecule has 0 saturated heterocycles. The molecule has 15 heavy (non-hydrogen) atoms. The van der Waals surface area contributed by atoms with Crippen molar-refractivity contribution in [3.8, 4) is 0 Å². The zero-order valence-corrected chi connectivity index (χ0v) is 7.43. The van der Waals surface area contributed by atoms with Crippen LogP contribution in [0.25, 0.3) is 0 Å². The highest BCUT2D eigenvalue weighted by Crippen LogP contribution is 2.43. The summed E-state index contributed by atoms with van der Waals surface area (Å²) in [5.41, 5.74) is 4.64. The van der Waals surface area contributed by atoms with Gasteiger partial charge in [-0.2, -0.15) is 22.0 Å². The van der Waals surface area contributed by atoms with Gasteiger partial charge in [0.1, 0.15) is 6.04 Å². The minimum Gasteiger partial charge on any atom is -0.319 e. The van der Waals surface area contributed by atoms with Gasteiger partial charge < -0.3 is 5.73 Å². The van der Waals surface area contributed by atoms with Gasteiger partial charge in [-0.3, -0.25) is 0 Å². The van der Waals surface area contributed by atoms with E-state index in [0.29, 0.717) is 0 Å². The van der Waals surface area contributed by atoms with E-state index in [1.165, 1.54) is 18.2 Å². The molecule has 1 rings (SSSR count). The number of alkyl halides is 5. The zero-order chi connectivity index (χ0) is 11.7. The second kappa shape index (κ2) is 3.77. The molecular formula is C9H8F5N. The van der Waals surface area contributed by atoms with E-state index in [0.717, 1.165) is 12.1 Å². The van der Waals surface area contributed by atoms with Crippen LogP contribution in [0.3, 0.4) is 0 Å². The highest BCUT2D eigenvalue weighted by atomic mass is 19.4. The van der Waals surface area contributed by atoms with E-state index in [4.69, 9.17) is 5.73 Å². The van der Waals surface area contributed by atoms with Crippen LogP contribution in [0.4, 0.5) is 22.0 Å². The molecule has 84 valence electrons. The van der Waals surface area contributed by atoms with Gasteiger partial charge in [-0.25, -0.2) is 0 Å². The van der Waals surface area contributed by atoms with Crippen LogP contribution in [0.1, 0.15) is 11.6 Å². The van der Waals surface area contributed by atoms with Crippen molar-refractivity contribution in [2.24, 2.45) is 5.73 Å². The van der Waals surface area contributed by atoms with E-state index in [2.05, 4.69) is 0 Å². The fourth-order valence-electron chi connectivity index (χ4n) is 1.05. The average Bonchev–Trinajstić information content (AvgIpc) is 2.16. The van der Waals surface area contributed by atoms with Crippen LogP contribution < -0.4 is 5.73 Å². The molecule has 0 bridgehead atoms. The van der Waals surface area contributed by atoms with Crippen LogP contribution >= 0.6 is 0 Å². The largest absolute Gasteiger partial charge is 0.455 e. The van der Waals surface area contributed by atoms with Crippen LogP contribution in [0, 0.1) is 0 Å². The quantitative estimate of drug-likeness (QED) is 0.769. The second-order valence-corrected chi connectivity index (χ2v) is 3.01. The Kier molecular flexibility index (Phi) is 2.99. The predicted octanol–water partition coefficient (Wildman–Crippen LogP) is 2.88. The van der Waals surface area contributed by atoms with Crippen LogP contribution in [0.5, 0.6) is 0 Å². The number of halogens is 5. The monoisotopic (exact) mass is 225 g/mol. The molecule has 0 radical (unpaired) electrons. The van der Waals surface area contributed by atoms with Crippen molar-refractivity contribution in [3.63, 3.8) is 0 Å². The molecule has 0 spiro atoms. The molecular weight excluding hydrogens is 217 g/mol. The third kappa shape index (κ3) is 2.26. The van der Waals surface area contributed by atoms with E-state index in [1.54, 1.807) is 0 Å². The molecule has 0 saturated carbocycles. The smallest absolute Gasteiger partial charge is 0.319 e. The molecule has 0 unspecified atom stereocenters. The highest BCUT2D eigenvalue weighted by molar-refractivity contribution is 5.21. The third-order valence-corrected chi connectivity index (χ3v) is 1.93. The van der Waals surface area contributed by atoms with E-state index >= 15 is 0 Å². The van der Waals surface area contributed by atoms with Crippen molar-refractivity contribution < 1.29 is 22.0 Å². The summed E-state index contributed by atoms with van der Waals surface area (Å²) in [6.45, 7) is 0. The normalized spacial score (nSPS) is 15.1. The molecule has 0 aliphatic carbocycles. The molecule has 0 heterocycles. The minimum absolute atomic E-state index is 0.250. The Morgan fingerprint density at radius 2 is 1.40 bits per heavy atom. The topological polar surface area (TPSA) is 26.0 Å². The molecule has 0 fully saturated rings. The van der Waals surface area contributed by atoms with Crippen molar-refractivity contribution >= 4 is 0 Å². The first-order valence-corrected chi connectivity index (χ1v) is 4.02. The van der Waals surface area contributed by atoms with E-state index in [1.807, 2.05) is 0 Å². The first-order valence-electron chi connectivity index (χ1n) is 4.02. The number of benzene rings is 1. The second-order valence-electron chi connectivity index (χ2n) is 3.01. The Labute approximate surface area is 82.7 Å². The Balaban J connectivity index is 3.00. The maximum absolute atomic E-state index is 12.8. The maximum atomic E-state index is 12.8. The lowest BCUT2D eigenvalue weighted by Gasteiger charge is -2.25. The zero-order valence-electron chi connectivity index (χ0n) is 7.43. The number of hydrogen-bond donors (Lipinski definition) is 1. The van der Waals surface area contributed by atoms with Gasteiger partial charge >= 0.3 is 12.1 Å². The Morgan fingerprint density at radius 3 is 1.80 bits per heavy atom. The summed E-state index contributed by atoms with van der Waals surface area (Å²) in [5, 5.41) is 0. The molecule has 1 nitrogen and oxygen atoms in total. The van der Waals surface area contributed by atoms with Gasteiger partial charge in [0.15, 0.2) is 0 Å². The Bertz CT molecular complexity index is 319. The summed E-state index contributed by atoms with van der Waals surface area (Å²) in [4.78, 5) is 0. The standard InChI is InChI=1S/C9H8F5N/c10-8(11,9(12,13)14)7(15)6-4-2-1-3-5-6/h1-5,7H,15H2/t7-/m1/s1. The molecule has 0 aromatic heterocycles. The highest BCUT2D eigenvalue weighted by Gasteiger charge is 2.61. The summed E-state index contributed by atoms with van der Waals surface area (Å²) >= 11 is 0. The molecule has 1 aromatic rings. The summed E-state index contributed by atoms with van der Waals surface area (Å²) in [6, 6.07) is 4.08. The van der Waals surface area contributed by atoms with Gasteiger partial charge in [0.05, 0.1) is 0 Å². The molecule has 1 atom stereocenters. The van der Waals surface area contributed by atoms with Crippen molar-refractivity contribution in [3.05, 3.63) is 35.9 Å².